The second-order valence-corrected chi connectivity index (χ2v) is 5.80. The van der Waals surface area contributed by atoms with Crippen LogP contribution in [0.25, 0.3) is 0 Å². The molecule has 0 aromatic carbocycles. The van der Waals surface area contributed by atoms with E-state index in [0.29, 0.717) is 24.1 Å². The van der Waals surface area contributed by atoms with Gasteiger partial charge in [-0.15, -0.1) is 0 Å². The molecule has 0 bridgehead atoms. The maximum Gasteiger partial charge on any atom is 0.220 e. The lowest BCUT2D eigenvalue weighted by Gasteiger charge is -2.08. The van der Waals surface area contributed by atoms with Gasteiger partial charge in [0.25, 0.3) is 0 Å². The van der Waals surface area contributed by atoms with Crippen molar-refractivity contribution in [3.63, 3.8) is 0 Å². The molecule has 0 spiro atoms. The molecular weight excluding hydrogens is 254 g/mol. The average molecular weight is 279 g/mol. The van der Waals surface area contributed by atoms with Gasteiger partial charge in [0.2, 0.25) is 5.91 Å². The van der Waals surface area contributed by atoms with Crippen molar-refractivity contribution in [1.29, 1.82) is 0 Å². The quantitative estimate of drug-likeness (QED) is 0.662. The van der Waals surface area contributed by atoms with Crippen LogP contribution in [-0.2, 0) is 11.8 Å². The molecular formula is C14H25N5O. The molecule has 1 fully saturated rings. The molecule has 0 radical (unpaired) electrons. The van der Waals surface area contributed by atoms with E-state index in [9.17, 15) is 4.79 Å². The first-order chi connectivity index (χ1) is 9.49. The predicted octanol–water partition coefficient (Wildman–Crippen LogP) is 1.60. The number of aromatic nitrogens is 2. The fourth-order valence-electron chi connectivity index (χ4n) is 2.18. The Morgan fingerprint density at radius 1 is 1.50 bits per heavy atom. The molecule has 1 aliphatic carbocycles. The van der Waals surface area contributed by atoms with Crippen LogP contribution in [-0.4, -0.2) is 28.3 Å². The molecule has 0 atom stereocenters. The zero-order valence-corrected chi connectivity index (χ0v) is 12.6. The zero-order valence-electron chi connectivity index (χ0n) is 12.6. The standard InChI is InChI=1S/C14H25N5O/c1-9(2)13-12(15)14(19(3)18-13)16-8-4-5-11(20)17-10-6-7-10/h9-10,16H,4-8,15H2,1-3H3,(H,17,20). The summed E-state index contributed by atoms with van der Waals surface area (Å²) in [5, 5.41) is 10.7. The number of nitrogens with two attached hydrogens (primary N) is 1. The summed E-state index contributed by atoms with van der Waals surface area (Å²) in [6.45, 7) is 4.87. The van der Waals surface area contributed by atoms with Crippen molar-refractivity contribution in [2.75, 3.05) is 17.6 Å². The number of nitrogen functional groups attached to an aromatic ring is 1. The van der Waals surface area contributed by atoms with Gasteiger partial charge in [-0.25, -0.2) is 0 Å². The van der Waals surface area contributed by atoms with E-state index in [1.54, 1.807) is 4.68 Å². The van der Waals surface area contributed by atoms with E-state index in [0.717, 1.165) is 37.3 Å². The lowest BCUT2D eigenvalue weighted by molar-refractivity contribution is -0.121. The van der Waals surface area contributed by atoms with Crippen molar-refractivity contribution >= 4 is 17.4 Å². The molecule has 20 heavy (non-hydrogen) atoms. The fourth-order valence-corrected chi connectivity index (χ4v) is 2.18. The number of rotatable bonds is 7. The minimum absolute atomic E-state index is 0.148. The third kappa shape index (κ3) is 3.65. The Bertz CT molecular complexity index is 476. The molecule has 0 saturated heterocycles. The van der Waals surface area contributed by atoms with Crippen LogP contribution in [0.3, 0.4) is 0 Å². The molecule has 6 nitrogen and oxygen atoms in total. The summed E-state index contributed by atoms with van der Waals surface area (Å²) in [5.41, 5.74) is 7.73. The van der Waals surface area contributed by atoms with Crippen molar-refractivity contribution < 1.29 is 4.79 Å². The maximum atomic E-state index is 11.6. The molecule has 0 aliphatic heterocycles. The van der Waals surface area contributed by atoms with Crippen molar-refractivity contribution in [3.8, 4) is 0 Å². The lowest BCUT2D eigenvalue weighted by atomic mass is 10.1. The maximum absolute atomic E-state index is 11.6. The zero-order chi connectivity index (χ0) is 14.7. The molecule has 0 unspecified atom stereocenters. The molecule has 2 rings (SSSR count). The Balaban J connectivity index is 1.77. The van der Waals surface area contributed by atoms with Gasteiger partial charge in [-0.2, -0.15) is 5.10 Å². The summed E-state index contributed by atoms with van der Waals surface area (Å²) in [7, 11) is 1.88. The molecule has 1 amide bonds. The second-order valence-electron chi connectivity index (χ2n) is 5.80. The summed E-state index contributed by atoms with van der Waals surface area (Å²) in [4.78, 5) is 11.6. The van der Waals surface area contributed by atoms with Gasteiger partial charge in [0.1, 0.15) is 5.82 Å². The number of hydrogen-bond acceptors (Lipinski definition) is 4. The van der Waals surface area contributed by atoms with E-state index >= 15 is 0 Å². The van der Waals surface area contributed by atoms with E-state index < -0.39 is 0 Å². The minimum atomic E-state index is 0.148. The van der Waals surface area contributed by atoms with Gasteiger partial charge >= 0.3 is 0 Å². The first-order valence-corrected chi connectivity index (χ1v) is 7.34. The van der Waals surface area contributed by atoms with Crippen molar-refractivity contribution in [2.45, 2.75) is 51.5 Å². The summed E-state index contributed by atoms with van der Waals surface area (Å²) < 4.78 is 1.77. The van der Waals surface area contributed by atoms with Crippen LogP contribution in [0.15, 0.2) is 0 Å². The van der Waals surface area contributed by atoms with Crippen LogP contribution in [0.5, 0.6) is 0 Å². The van der Waals surface area contributed by atoms with Crippen LogP contribution < -0.4 is 16.4 Å². The molecule has 1 aromatic rings. The normalized spacial score (nSPS) is 14.6. The SMILES string of the molecule is CC(C)c1nn(C)c(NCCCC(=O)NC2CC2)c1N. The summed E-state index contributed by atoms with van der Waals surface area (Å²) in [6.07, 6.45) is 3.61. The highest BCUT2D eigenvalue weighted by atomic mass is 16.1. The van der Waals surface area contributed by atoms with Gasteiger partial charge in [0, 0.05) is 26.1 Å². The highest BCUT2D eigenvalue weighted by molar-refractivity contribution is 5.76. The van der Waals surface area contributed by atoms with E-state index in [-0.39, 0.29) is 5.91 Å². The topological polar surface area (TPSA) is 85.0 Å². The predicted molar refractivity (Wildman–Crippen MR) is 80.6 cm³/mol. The number of anilines is 2. The van der Waals surface area contributed by atoms with Crippen molar-refractivity contribution in [2.24, 2.45) is 7.05 Å². The highest BCUT2D eigenvalue weighted by Gasteiger charge is 2.22. The molecule has 1 aromatic heterocycles. The van der Waals surface area contributed by atoms with Crippen LogP contribution in [0.2, 0.25) is 0 Å². The number of nitrogens with zero attached hydrogens (tertiary/aromatic N) is 2. The number of nitrogens with one attached hydrogen (secondary N) is 2. The molecule has 4 N–H and O–H groups in total. The number of hydrogen-bond donors (Lipinski definition) is 3. The third-order valence-electron chi connectivity index (χ3n) is 3.47. The Morgan fingerprint density at radius 3 is 2.75 bits per heavy atom. The smallest absolute Gasteiger partial charge is 0.220 e. The van der Waals surface area contributed by atoms with Crippen molar-refractivity contribution in [3.05, 3.63) is 5.69 Å². The van der Waals surface area contributed by atoms with Crippen LogP contribution >= 0.6 is 0 Å². The summed E-state index contributed by atoms with van der Waals surface area (Å²) >= 11 is 0. The number of carbonyl (C=O) groups is 1. The second kappa shape index (κ2) is 6.15. The van der Waals surface area contributed by atoms with E-state index in [4.69, 9.17) is 5.73 Å². The van der Waals surface area contributed by atoms with Crippen molar-refractivity contribution in [1.82, 2.24) is 15.1 Å². The van der Waals surface area contributed by atoms with Gasteiger partial charge < -0.3 is 16.4 Å². The van der Waals surface area contributed by atoms with Gasteiger partial charge in [0.15, 0.2) is 0 Å². The van der Waals surface area contributed by atoms with Gasteiger partial charge in [0.05, 0.1) is 11.4 Å². The minimum Gasteiger partial charge on any atom is -0.394 e. The van der Waals surface area contributed by atoms with Crippen LogP contribution in [0.1, 0.15) is 51.1 Å². The Morgan fingerprint density at radius 2 is 2.20 bits per heavy atom. The van der Waals surface area contributed by atoms with Crippen LogP contribution in [0.4, 0.5) is 11.5 Å². The first kappa shape index (κ1) is 14.7. The van der Waals surface area contributed by atoms with E-state index in [2.05, 4.69) is 29.6 Å². The Kier molecular flexibility index (Phi) is 4.52. The monoisotopic (exact) mass is 279 g/mol. The Labute approximate surface area is 120 Å². The molecule has 1 saturated carbocycles. The number of carbonyl (C=O) groups excluding carboxylic acids is 1. The van der Waals surface area contributed by atoms with E-state index in [1.165, 1.54) is 0 Å². The van der Waals surface area contributed by atoms with E-state index in [1.807, 2.05) is 7.05 Å². The molecule has 6 heteroatoms. The van der Waals surface area contributed by atoms with Gasteiger partial charge in [-0.3, -0.25) is 9.48 Å². The highest BCUT2D eigenvalue weighted by Crippen LogP contribution is 2.27. The Hall–Kier alpha value is -1.72. The average Bonchev–Trinajstić information content (AvgIpc) is 3.13. The van der Waals surface area contributed by atoms with Crippen LogP contribution in [0, 0.1) is 0 Å². The molecule has 1 heterocycles. The third-order valence-corrected chi connectivity index (χ3v) is 3.47. The first-order valence-electron chi connectivity index (χ1n) is 7.34. The summed E-state index contributed by atoms with van der Waals surface area (Å²) in [6, 6.07) is 0.441. The molecule has 112 valence electrons. The fraction of sp³-hybridized carbons (Fsp3) is 0.714. The number of amides is 1. The lowest BCUT2D eigenvalue weighted by Crippen LogP contribution is -2.25. The largest absolute Gasteiger partial charge is 0.394 e. The van der Waals surface area contributed by atoms with Gasteiger partial charge in [-0.1, -0.05) is 13.8 Å². The number of aryl methyl sites for hydroxylation is 1. The summed E-state index contributed by atoms with van der Waals surface area (Å²) in [5.74, 6) is 1.30. The molecule has 1 aliphatic rings. The van der Waals surface area contributed by atoms with Gasteiger partial charge in [-0.05, 0) is 25.2 Å².